The number of halogens is 1. The molecule has 3 nitrogen and oxygen atoms in total. The summed E-state index contributed by atoms with van der Waals surface area (Å²) in [6.45, 7) is 0.537. The van der Waals surface area contributed by atoms with Crippen molar-refractivity contribution in [1.29, 1.82) is 0 Å². The van der Waals surface area contributed by atoms with E-state index in [9.17, 15) is 0 Å². The van der Waals surface area contributed by atoms with Crippen molar-refractivity contribution >= 4 is 12.4 Å². The fourth-order valence-corrected chi connectivity index (χ4v) is 0.439. The van der Waals surface area contributed by atoms with E-state index < -0.39 is 0 Å². The summed E-state index contributed by atoms with van der Waals surface area (Å²) in [7, 11) is 0. The van der Waals surface area contributed by atoms with Gasteiger partial charge in [0.25, 0.3) is 0 Å². The largest absolute Gasteiger partial charge is 0.326 e. The van der Waals surface area contributed by atoms with E-state index >= 15 is 0 Å². The third-order valence-corrected chi connectivity index (χ3v) is 0.881. The normalized spacial score (nSPS) is 8.11. The molecule has 4 heteroatoms. The molecular formula is C5H8ClN3. The Labute approximate surface area is 59.7 Å². The first kappa shape index (κ1) is 8.33. The lowest BCUT2D eigenvalue weighted by molar-refractivity contribution is 0.966. The third kappa shape index (κ3) is 2.39. The van der Waals surface area contributed by atoms with Gasteiger partial charge in [0.05, 0.1) is 6.20 Å². The quantitative estimate of drug-likeness (QED) is 0.621. The van der Waals surface area contributed by atoms with Gasteiger partial charge in [-0.05, 0) is 11.6 Å². The first-order valence-electron chi connectivity index (χ1n) is 2.39. The van der Waals surface area contributed by atoms with E-state index in [1.165, 1.54) is 0 Å². The van der Waals surface area contributed by atoms with Crippen LogP contribution in [0.3, 0.4) is 0 Å². The lowest BCUT2D eigenvalue weighted by Gasteiger charge is -1.88. The van der Waals surface area contributed by atoms with Crippen LogP contribution < -0.4 is 5.73 Å². The molecule has 2 N–H and O–H groups in total. The van der Waals surface area contributed by atoms with Crippen LogP contribution in [0.15, 0.2) is 18.5 Å². The van der Waals surface area contributed by atoms with Gasteiger partial charge >= 0.3 is 0 Å². The summed E-state index contributed by atoms with van der Waals surface area (Å²) >= 11 is 0. The second kappa shape index (κ2) is 4.23. The molecule has 0 aromatic carbocycles. The molecule has 1 aromatic heterocycles. The van der Waals surface area contributed by atoms with Crippen molar-refractivity contribution in [1.82, 2.24) is 10.2 Å². The molecule has 9 heavy (non-hydrogen) atoms. The average Bonchev–Trinajstić information content (AvgIpc) is 1.90. The summed E-state index contributed by atoms with van der Waals surface area (Å²) < 4.78 is 0. The van der Waals surface area contributed by atoms with Gasteiger partial charge in [-0.2, -0.15) is 10.2 Å². The summed E-state index contributed by atoms with van der Waals surface area (Å²) in [5.41, 5.74) is 6.30. The summed E-state index contributed by atoms with van der Waals surface area (Å²) in [5.74, 6) is 0. The molecule has 50 valence electrons. The number of rotatable bonds is 1. The highest BCUT2D eigenvalue weighted by Gasteiger charge is 1.82. The molecule has 1 aromatic rings. The fraction of sp³-hybridized carbons (Fsp3) is 0.200. The topological polar surface area (TPSA) is 51.8 Å². The molecule has 0 fully saturated rings. The van der Waals surface area contributed by atoms with Crippen molar-refractivity contribution in [3.63, 3.8) is 0 Å². The lowest BCUT2D eigenvalue weighted by Crippen LogP contribution is -1.96. The molecule has 0 aliphatic rings. The van der Waals surface area contributed by atoms with Gasteiger partial charge in [0, 0.05) is 12.7 Å². The zero-order chi connectivity index (χ0) is 5.82. The first-order chi connectivity index (χ1) is 3.93. The van der Waals surface area contributed by atoms with Gasteiger partial charge in [-0.15, -0.1) is 12.4 Å². The predicted octanol–water partition coefficient (Wildman–Crippen LogP) is 0.357. The number of aromatic nitrogens is 2. The van der Waals surface area contributed by atoms with Crippen molar-refractivity contribution in [2.45, 2.75) is 6.54 Å². The Hall–Kier alpha value is -0.670. The molecule has 0 saturated carbocycles. The molecule has 0 amide bonds. The van der Waals surface area contributed by atoms with Crippen LogP contribution in [0, 0.1) is 0 Å². The van der Waals surface area contributed by atoms with Crippen LogP contribution in [0.4, 0.5) is 0 Å². The molecular weight excluding hydrogens is 138 g/mol. The van der Waals surface area contributed by atoms with Crippen molar-refractivity contribution in [3.05, 3.63) is 24.0 Å². The van der Waals surface area contributed by atoms with Crippen LogP contribution in [0.5, 0.6) is 0 Å². The summed E-state index contributed by atoms with van der Waals surface area (Å²) in [4.78, 5) is 0. The van der Waals surface area contributed by atoms with Crippen LogP contribution in [0.25, 0.3) is 0 Å². The molecule has 0 radical (unpaired) electrons. The predicted molar refractivity (Wildman–Crippen MR) is 37.2 cm³/mol. The average molecular weight is 146 g/mol. The van der Waals surface area contributed by atoms with Crippen LogP contribution in [-0.4, -0.2) is 10.2 Å². The van der Waals surface area contributed by atoms with Gasteiger partial charge in [0.2, 0.25) is 0 Å². The molecule has 0 aliphatic carbocycles. The summed E-state index contributed by atoms with van der Waals surface area (Å²) in [6, 6.07) is 1.84. The van der Waals surface area contributed by atoms with Crippen molar-refractivity contribution in [2.24, 2.45) is 5.73 Å². The highest BCUT2D eigenvalue weighted by atomic mass is 35.5. The van der Waals surface area contributed by atoms with E-state index in [1.807, 2.05) is 6.07 Å². The van der Waals surface area contributed by atoms with Gasteiger partial charge in [-0.25, -0.2) is 0 Å². The smallest absolute Gasteiger partial charge is 0.0541 e. The van der Waals surface area contributed by atoms with Gasteiger partial charge in [-0.3, -0.25) is 0 Å². The highest BCUT2D eigenvalue weighted by molar-refractivity contribution is 5.85. The van der Waals surface area contributed by atoms with Gasteiger partial charge in [-0.1, -0.05) is 0 Å². The minimum absolute atomic E-state index is 0. The third-order valence-electron chi connectivity index (χ3n) is 0.881. The molecule has 0 bridgehead atoms. The fourth-order valence-electron chi connectivity index (χ4n) is 0.439. The maximum atomic E-state index is 5.28. The Morgan fingerprint density at radius 3 is 2.56 bits per heavy atom. The maximum absolute atomic E-state index is 5.28. The molecule has 0 aliphatic heterocycles. The van der Waals surface area contributed by atoms with Crippen LogP contribution in [0.1, 0.15) is 5.56 Å². The number of hydrogen-bond acceptors (Lipinski definition) is 3. The number of hydrogen-bond donors (Lipinski definition) is 1. The molecule has 0 unspecified atom stereocenters. The van der Waals surface area contributed by atoms with E-state index in [-0.39, 0.29) is 12.4 Å². The van der Waals surface area contributed by atoms with Crippen molar-refractivity contribution < 1.29 is 0 Å². The second-order valence-corrected chi connectivity index (χ2v) is 1.45. The SMILES string of the molecule is Cl.NCc1ccnnc1. The number of nitrogens with zero attached hydrogens (tertiary/aromatic N) is 2. The zero-order valence-electron chi connectivity index (χ0n) is 4.82. The van der Waals surface area contributed by atoms with Crippen LogP contribution in [0.2, 0.25) is 0 Å². The molecule has 0 saturated heterocycles. The van der Waals surface area contributed by atoms with Crippen LogP contribution >= 0.6 is 12.4 Å². The Morgan fingerprint density at radius 2 is 2.22 bits per heavy atom. The van der Waals surface area contributed by atoms with E-state index in [1.54, 1.807) is 12.4 Å². The van der Waals surface area contributed by atoms with Gasteiger partial charge in [0.1, 0.15) is 0 Å². The summed E-state index contributed by atoms with van der Waals surface area (Å²) in [5, 5.41) is 7.21. The maximum Gasteiger partial charge on any atom is 0.0541 e. The zero-order valence-corrected chi connectivity index (χ0v) is 5.64. The van der Waals surface area contributed by atoms with E-state index in [0.717, 1.165) is 5.56 Å². The van der Waals surface area contributed by atoms with E-state index in [4.69, 9.17) is 5.73 Å². The monoisotopic (exact) mass is 145 g/mol. The van der Waals surface area contributed by atoms with Gasteiger partial charge in [0.15, 0.2) is 0 Å². The highest BCUT2D eigenvalue weighted by Crippen LogP contribution is 1.88. The Bertz CT molecular complexity index is 154. The minimum atomic E-state index is 0. The van der Waals surface area contributed by atoms with Crippen molar-refractivity contribution in [3.8, 4) is 0 Å². The summed E-state index contributed by atoms with van der Waals surface area (Å²) in [6.07, 6.45) is 3.28. The second-order valence-electron chi connectivity index (χ2n) is 1.45. The Kier molecular flexibility index (Phi) is 3.92. The minimum Gasteiger partial charge on any atom is -0.326 e. The first-order valence-corrected chi connectivity index (χ1v) is 2.39. The van der Waals surface area contributed by atoms with E-state index in [2.05, 4.69) is 10.2 Å². The number of nitrogens with two attached hydrogens (primary N) is 1. The van der Waals surface area contributed by atoms with Gasteiger partial charge < -0.3 is 5.73 Å². The standard InChI is InChI=1S/C5H7N3.ClH/c6-3-5-1-2-7-8-4-5;/h1-2,4H,3,6H2;1H. The Balaban J connectivity index is 0.000000640. The van der Waals surface area contributed by atoms with E-state index in [0.29, 0.717) is 6.54 Å². The lowest BCUT2D eigenvalue weighted by atomic mass is 10.3. The molecule has 0 atom stereocenters. The van der Waals surface area contributed by atoms with Crippen LogP contribution in [-0.2, 0) is 6.54 Å². The molecule has 1 heterocycles. The molecule has 1 rings (SSSR count). The Morgan fingerprint density at radius 1 is 1.44 bits per heavy atom. The van der Waals surface area contributed by atoms with Crippen molar-refractivity contribution in [2.75, 3.05) is 0 Å². The molecule has 0 spiro atoms.